The number of ether oxygens (including phenoxy) is 2. The van der Waals surface area contributed by atoms with Gasteiger partial charge in [0.1, 0.15) is 5.75 Å². The van der Waals surface area contributed by atoms with Crippen molar-refractivity contribution in [1.29, 1.82) is 0 Å². The predicted molar refractivity (Wildman–Crippen MR) is 102 cm³/mol. The van der Waals surface area contributed by atoms with Gasteiger partial charge >= 0.3 is 11.7 Å². The molecule has 0 fully saturated rings. The van der Waals surface area contributed by atoms with Gasteiger partial charge in [-0.3, -0.25) is 14.9 Å². The van der Waals surface area contributed by atoms with Crippen LogP contribution in [0.15, 0.2) is 42.5 Å². The Bertz CT molecular complexity index is 937. The number of esters is 1. The third kappa shape index (κ3) is 4.79. The molecule has 0 unspecified atom stereocenters. The lowest BCUT2D eigenvalue weighted by atomic mass is 10.2. The van der Waals surface area contributed by atoms with Gasteiger partial charge in [-0.25, -0.2) is 4.98 Å². The van der Waals surface area contributed by atoms with Gasteiger partial charge in [0.05, 0.1) is 33.3 Å². The number of carbonyl (C=O) groups excluding carboxylic acids is 1. The molecule has 3 aromatic rings. The third-order valence-corrected chi connectivity index (χ3v) is 5.04. The second-order valence-electron chi connectivity index (χ2n) is 5.85. The number of rotatable bonds is 8. The van der Waals surface area contributed by atoms with E-state index in [-0.39, 0.29) is 17.9 Å². The summed E-state index contributed by atoms with van der Waals surface area (Å²) in [6, 6.07) is 12.1. The average Bonchev–Trinajstić information content (AvgIpc) is 3.08. The number of carbonyl (C=O) groups is 1. The number of methoxy groups -OCH3 is 1. The molecule has 1 heterocycles. The molecule has 0 bridgehead atoms. The number of hydrogen-bond acceptors (Lipinski definition) is 7. The number of thiazole rings is 1. The number of nitrogens with zero attached hydrogens (tertiary/aromatic N) is 2. The Labute approximate surface area is 159 Å². The highest BCUT2D eigenvalue weighted by Crippen LogP contribution is 2.31. The van der Waals surface area contributed by atoms with Crippen LogP contribution in [0.5, 0.6) is 11.5 Å². The molecular weight excluding hydrogens is 368 g/mol. The first-order chi connectivity index (χ1) is 13.1. The summed E-state index contributed by atoms with van der Waals surface area (Å²) in [5.74, 6) is -0.234. The molecular formula is C19H18N2O5S. The van der Waals surface area contributed by atoms with Crippen LogP contribution in [0, 0.1) is 10.1 Å². The van der Waals surface area contributed by atoms with E-state index in [0.717, 1.165) is 28.1 Å². The van der Waals surface area contributed by atoms with Crippen LogP contribution in [0.2, 0.25) is 0 Å². The average molecular weight is 386 g/mol. The van der Waals surface area contributed by atoms with Crippen LogP contribution in [0.3, 0.4) is 0 Å². The Balaban J connectivity index is 1.50. The molecule has 1 aromatic heterocycles. The van der Waals surface area contributed by atoms with Crippen molar-refractivity contribution >= 4 is 33.2 Å². The van der Waals surface area contributed by atoms with Gasteiger partial charge in [0.2, 0.25) is 5.75 Å². The number of aromatic nitrogens is 1. The highest BCUT2D eigenvalue weighted by atomic mass is 32.1. The van der Waals surface area contributed by atoms with Crippen LogP contribution in [0.25, 0.3) is 10.2 Å². The molecule has 7 nitrogen and oxygen atoms in total. The van der Waals surface area contributed by atoms with Crippen molar-refractivity contribution in [3.63, 3.8) is 0 Å². The standard InChI is InChI=1S/C19H18N2O5S/c1-25-13-10-11-16(15(12-13)21(23)24)26-19(22)9-5-4-8-18-20-14-6-2-3-7-17(14)27-18/h2-3,6-7,10-12H,4-5,8-9H2,1H3. The second kappa shape index (κ2) is 8.59. The molecule has 8 heteroatoms. The van der Waals surface area contributed by atoms with Crippen LogP contribution < -0.4 is 9.47 Å². The Morgan fingerprint density at radius 2 is 2.04 bits per heavy atom. The fraction of sp³-hybridized carbons (Fsp3) is 0.263. The van der Waals surface area contributed by atoms with Gasteiger partial charge in [-0.15, -0.1) is 11.3 Å². The molecule has 0 saturated heterocycles. The number of nitro groups is 1. The van der Waals surface area contributed by atoms with E-state index in [2.05, 4.69) is 4.98 Å². The Hall–Kier alpha value is -3.00. The van der Waals surface area contributed by atoms with Crippen LogP contribution in [-0.4, -0.2) is 23.0 Å². The molecule has 0 aliphatic rings. The van der Waals surface area contributed by atoms with Gasteiger partial charge in [-0.1, -0.05) is 12.1 Å². The van der Waals surface area contributed by atoms with Crippen molar-refractivity contribution < 1.29 is 19.2 Å². The van der Waals surface area contributed by atoms with Gasteiger partial charge in [0.15, 0.2) is 0 Å². The first-order valence-corrected chi connectivity index (χ1v) is 9.26. The predicted octanol–water partition coefficient (Wildman–Crippen LogP) is 4.53. The SMILES string of the molecule is COc1ccc(OC(=O)CCCCc2nc3ccccc3s2)c([N+](=O)[O-])c1. The minimum atomic E-state index is -0.599. The summed E-state index contributed by atoms with van der Waals surface area (Å²) < 4.78 is 11.3. The number of para-hydroxylation sites is 1. The van der Waals surface area contributed by atoms with Crippen molar-refractivity contribution in [2.75, 3.05) is 7.11 Å². The fourth-order valence-electron chi connectivity index (χ4n) is 2.60. The Morgan fingerprint density at radius 1 is 1.22 bits per heavy atom. The van der Waals surface area contributed by atoms with Gasteiger partial charge in [-0.2, -0.15) is 0 Å². The van der Waals surface area contributed by atoms with E-state index >= 15 is 0 Å². The molecule has 140 valence electrons. The van der Waals surface area contributed by atoms with Crippen molar-refractivity contribution in [2.24, 2.45) is 0 Å². The maximum absolute atomic E-state index is 12.0. The maximum atomic E-state index is 12.0. The van der Waals surface area contributed by atoms with Gasteiger partial charge in [0, 0.05) is 6.42 Å². The van der Waals surface area contributed by atoms with Gasteiger partial charge in [0.25, 0.3) is 0 Å². The monoisotopic (exact) mass is 386 g/mol. The van der Waals surface area contributed by atoms with Crippen LogP contribution >= 0.6 is 11.3 Å². The van der Waals surface area contributed by atoms with Crippen molar-refractivity contribution in [3.8, 4) is 11.5 Å². The summed E-state index contributed by atoms with van der Waals surface area (Å²) >= 11 is 1.65. The highest BCUT2D eigenvalue weighted by Gasteiger charge is 2.19. The van der Waals surface area contributed by atoms with Crippen molar-refractivity contribution in [1.82, 2.24) is 4.98 Å². The summed E-state index contributed by atoms with van der Waals surface area (Å²) in [6.45, 7) is 0. The molecule has 3 rings (SSSR count). The molecule has 0 amide bonds. The smallest absolute Gasteiger partial charge is 0.315 e. The Morgan fingerprint density at radius 3 is 2.78 bits per heavy atom. The molecule has 0 radical (unpaired) electrons. The van der Waals surface area contributed by atoms with Crippen LogP contribution in [0.4, 0.5) is 5.69 Å². The zero-order chi connectivity index (χ0) is 19.2. The largest absolute Gasteiger partial charge is 0.496 e. The van der Waals surface area contributed by atoms with Crippen LogP contribution in [0.1, 0.15) is 24.3 Å². The number of nitro benzene ring substituents is 1. The fourth-order valence-corrected chi connectivity index (χ4v) is 3.61. The number of unbranched alkanes of at least 4 members (excludes halogenated alkanes) is 1. The molecule has 27 heavy (non-hydrogen) atoms. The van der Waals surface area contributed by atoms with Gasteiger partial charge in [-0.05, 0) is 43.5 Å². The maximum Gasteiger partial charge on any atom is 0.315 e. The zero-order valence-electron chi connectivity index (χ0n) is 14.7. The molecule has 0 aliphatic heterocycles. The number of fused-ring (bicyclic) bond motifs is 1. The van der Waals surface area contributed by atoms with Crippen molar-refractivity contribution in [3.05, 3.63) is 57.6 Å². The number of hydrogen-bond donors (Lipinski definition) is 0. The quantitative estimate of drug-likeness (QED) is 0.186. The van der Waals surface area contributed by atoms with E-state index in [1.165, 1.54) is 25.3 Å². The molecule has 0 aliphatic carbocycles. The van der Waals surface area contributed by atoms with Crippen LogP contribution in [-0.2, 0) is 11.2 Å². The van der Waals surface area contributed by atoms with E-state index < -0.39 is 10.9 Å². The normalized spacial score (nSPS) is 10.7. The summed E-state index contributed by atoms with van der Waals surface area (Å²) in [5.41, 5.74) is 0.695. The summed E-state index contributed by atoms with van der Waals surface area (Å²) in [7, 11) is 1.41. The lowest BCUT2D eigenvalue weighted by Gasteiger charge is -2.06. The van der Waals surface area contributed by atoms with E-state index in [1.54, 1.807) is 11.3 Å². The lowest BCUT2D eigenvalue weighted by Crippen LogP contribution is -2.09. The summed E-state index contributed by atoms with van der Waals surface area (Å²) in [4.78, 5) is 27.1. The number of aryl methyl sites for hydroxylation is 1. The first-order valence-electron chi connectivity index (χ1n) is 8.44. The molecule has 0 atom stereocenters. The third-order valence-electron chi connectivity index (χ3n) is 3.95. The minimum Gasteiger partial charge on any atom is -0.496 e. The van der Waals surface area contributed by atoms with E-state index in [4.69, 9.17) is 9.47 Å². The van der Waals surface area contributed by atoms with E-state index in [9.17, 15) is 14.9 Å². The molecule has 0 spiro atoms. The lowest BCUT2D eigenvalue weighted by molar-refractivity contribution is -0.385. The summed E-state index contributed by atoms with van der Waals surface area (Å²) in [5, 5.41) is 12.2. The van der Waals surface area contributed by atoms with E-state index in [0.29, 0.717) is 12.2 Å². The Kier molecular flexibility index (Phi) is 5.97. The zero-order valence-corrected chi connectivity index (χ0v) is 15.5. The molecule has 0 N–H and O–H groups in total. The number of benzene rings is 2. The first kappa shape index (κ1) is 18.8. The second-order valence-corrected chi connectivity index (χ2v) is 6.96. The van der Waals surface area contributed by atoms with Crippen molar-refractivity contribution in [2.45, 2.75) is 25.7 Å². The van der Waals surface area contributed by atoms with E-state index in [1.807, 2.05) is 24.3 Å². The minimum absolute atomic E-state index is 0.0722. The van der Waals surface area contributed by atoms with Gasteiger partial charge < -0.3 is 9.47 Å². The highest BCUT2D eigenvalue weighted by molar-refractivity contribution is 7.18. The topological polar surface area (TPSA) is 91.6 Å². The molecule has 2 aromatic carbocycles. The molecule has 0 saturated carbocycles. The summed E-state index contributed by atoms with van der Waals surface area (Å²) in [6.07, 6.45) is 2.39.